The molecule has 0 aliphatic rings. The summed E-state index contributed by atoms with van der Waals surface area (Å²) in [5.74, 6) is -1.22. The van der Waals surface area contributed by atoms with Crippen molar-refractivity contribution in [3.8, 4) is 5.75 Å². The SMILES string of the molecule is Cc1cn(CC(=O)NNC(=O)c2ccc(O)cc2)c(=O)[nH]c1=O. The van der Waals surface area contributed by atoms with Crippen molar-refractivity contribution in [3.05, 3.63) is 62.4 Å². The molecule has 0 saturated carbocycles. The third-order valence-corrected chi connectivity index (χ3v) is 2.95. The van der Waals surface area contributed by atoms with Gasteiger partial charge in [-0.25, -0.2) is 4.79 Å². The van der Waals surface area contributed by atoms with Crippen molar-refractivity contribution in [1.29, 1.82) is 0 Å². The number of H-pyrrole nitrogens is 1. The van der Waals surface area contributed by atoms with Crippen molar-refractivity contribution >= 4 is 11.8 Å². The topological polar surface area (TPSA) is 133 Å². The van der Waals surface area contributed by atoms with Crippen LogP contribution in [0.3, 0.4) is 0 Å². The van der Waals surface area contributed by atoms with Gasteiger partial charge in [-0.1, -0.05) is 0 Å². The highest BCUT2D eigenvalue weighted by atomic mass is 16.3. The first-order valence-electron chi connectivity index (χ1n) is 6.55. The summed E-state index contributed by atoms with van der Waals surface area (Å²) >= 11 is 0. The number of hydrogen-bond acceptors (Lipinski definition) is 5. The predicted octanol–water partition coefficient (Wildman–Crippen LogP) is -0.988. The molecule has 1 heterocycles. The molecular formula is C14H14N4O5. The minimum absolute atomic E-state index is 0.0124. The monoisotopic (exact) mass is 318 g/mol. The minimum Gasteiger partial charge on any atom is -0.508 e. The van der Waals surface area contributed by atoms with Gasteiger partial charge < -0.3 is 5.11 Å². The Morgan fingerprint density at radius 1 is 1.17 bits per heavy atom. The Morgan fingerprint density at radius 2 is 1.83 bits per heavy atom. The van der Waals surface area contributed by atoms with Gasteiger partial charge in [-0.05, 0) is 31.2 Å². The van der Waals surface area contributed by atoms with Gasteiger partial charge in [0.2, 0.25) is 0 Å². The molecule has 1 aromatic heterocycles. The molecule has 0 fully saturated rings. The zero-order valence-corrected chi connectivity index (χ0v) is 12.1. The first kappa shape index (κ1) is 16.0. The first-order valence-corrected chi connectivity index (χ1v) is 6.55. The Morgan fingerprint density at radius 3 is 2.48 bits per heavy atom. The van der Waals surface area contributed by atoms with E-state index in [0.717, 1.165) is 4.57 Å². The molecule has 0 unspecified atom stereocenters. The number of aromatic amines is 1. The number of carbonyl (C=O) groups is 2. The molecule has 0 radical (unpaired) electrons. The van der Waals surface area contributed by atoms with E-state index in [1.807, 2.05) is 0 Å². The van der Waals surface area contributed by atoms with Crippen molar-refractivity contribution < 1.29 is 14.7 Å². The van der Waals surface area contributed by atoms with Crippen molar-refractivity contribution in [1.82, 2.24) is 20.4 Å². The van der Waals surface area contributed by atoms with Crippen LogP contribution in [0.5, 0.6) is 5.75 Å². The van der Waals surface area contributed by atoms with Gasteiger partial charge in [-0.15, -0.1) is 0 Å². The molecule has 0 aliphatic carbocycles. The third kappa shape index (κ3) is 4.06. The lowest BCUT2D eigenvalue weighted by Gasteiger charge is -2.09. The molecule has 2 amide bonds. The van der Waals surface area contributed by atoms with Crippen molar-refractivity contribution in [3.63, 3.8) is 0 Å². The molecule has 120 valence electrons. The zero-order chi connectivity index (χ0) is 17.0. The number of aromatic nitrogens is 2. The highest BCUT2D eigenvalue weighted by Crippen LogP contribution is 2.08. The summed E-state index contributed by atoms with van der Waals surface area (Å²) in [6, 6.07) is 5.43. The third-order valence-electron chi connectivity index (χ3n) is 2.95. The summed E-state index contributed by atoms with van der Waals surface area (Å²) < 4.78 is 1.01. The fourth-order valence-corrected chi connectivity index (χ4v) is 1.74. The predicted molar refractivity (Wildman–Crippen MR) is 79.8 cm³/mol. The number of hydrogen-bond donors (Lipinski definition) is 4. The molecule has 4 N–H and O–H groups in total. The second-order valence-corrected chi connectivity index (χ2v) is 4.75. The Kier molecular flexibility index (Phi) is 4.60. The number of rotatable bonds is 3. The van der Waals surface area contributed by atoms with E-state index in [1.165, 1.54) is 37.4 Å². The summed E-state index contributed by atoms with van der Waals surface area (Å²) in [4.78, 5) is 48.3. The van der Waals surface area contributed by atoms with Crippen molar-refractivity contribution in [2.75, 3.05) is 0 Å². The van der Waals surface area contributed by atoms with E-state index in [1.54, 1.807) is 0 Å². The lowest BCUT2D eigenvalue weighted by molar-refractivity contribution is -0.122. The van der Waals surface area contributed by atoms with E-state index in [0.29, 0.717) is 0 Å². The zero-order valence-electron chi connectivity index (χ0n) is 12.1. The molecule has 2 aromatic rings. The number of amides is 2. The maximum Gasteiger partial charge on any atom is 0.328 e. The van der Waals surface area contributed by atoms with Gasteiger partial charge in [-0.3, -0.25) is 34.8 Å². The van der Waals surface area contributed by atoms with Gasteiger partial charge in [0, 0.05) is 17.3 Å². The number of nitrogens with one attached hydrogen (secondary N) is 3. The average Bonchev–Trinajstić information content (AvgIpc) is 2.51. The molecule has 9 heteroatoms. The number of benzene rings is 1. The molecule has 0 saturated heterocycles. The van der Waals surface area contributed by atoms with Crippen LogP contribution in [0.4, 0.5) is 0 Å². The summed E-state index contributed by atoms with van der Waals surface area (Å²) in [5, 5.41) is 9.13. The van der Waals surface area contributed by atoms with Gasteiger partial charge in [0.05, 0.1) is 0 Å². The van der Waals surface area contributed by atoms with E-state index < -0.39 is 23.1 Å². The molecular weight excluding hydrogens is 304 g/mol. The van der Waals surface area contributed by atoms with Crippen LogP contribution in [0.15, 0.2) is 40.1 Å². The number of hydrazine groups is 1. The van der Waals surface area contributed by atoms with Crippen LogP contribution in [0.2, 0.25) is 0 Å². The van der Waals surface area contributed by atoms with Gasteiger partial charge in [0.1, 0.15) is 12.3 Å². The molecule has 0 spiro atoms. The number of phenols is 1. The standard InChI is InChI=1S/C14H14N4O5/c1-8-6-18(14(23)15-12(8)21)7-11(20)16-17-13(22)9-2-4-10(19)5-3-9/h2-6,19H,7H2,1H3,(H,16,20)(H,17,22)(H,15,21,23). The lowest BCUT2D eigenvalue weighted by Crippen LogP contribution is -2.44. The fraction of sp³-hybridized carbons (Fsp3) is 0.143. The molecule has 23 heavy (non-hydrogen) atoms. The Labute approximate surface area is 129 Å². The van der Waals surface area contributed by atoms with Crippen LogP contribution < -0.4 is 22.1 Å². The highest BCUT2D eigenvalue weighted by molar-refractivity contribution is 5.95. The molecule has 0 bridgehead atoms. The first-order chi connectivity index (χ1) is 10.9. The van der Waals surface area contributed by atoms with Crippen LogP contribution >= 0.6 is 0 Å². The highest BCUT2D eigenvalue weighted by Gasteiger charge is 2.09. The second-order valence-electron chi connectivity index (χ2n) is 4.75. The largest absolute Gasteiger partial charge is 0.508 e. The van der Waals surface area contributed by atoms with Crippen LogP contribution in [0.25, 0.3) is 0 Å². The summed E-state index contributed by atoms with van der Waals surface area (Å²) in [6.45, 7) is 1.13. The number of phenolic OH excluding ortho intramolecular Hbond substituents is 1. The van der Waals surface area contributed by atoms with Crippen LogP contribution in [0, 0.1) is 6.92 Å². The fourth-order valence-electron chi connectivity index (χ4n) is 1.74. The van der Waals surface area contributed by atoms with Gasteiger partial charge in [0.15, 0.2) is 0 Å². The summed E-state index contributed by atoms with van der Waals surface area (Å²) in [7, 11) is 0. The Hall–Kier alpha value is -3.36. The smallest absolute Gasteiger partial charge is 0.328 e. The maximum absolute atomic E-state index is 11.8. The summed E-state index contributed by atoms with van der Waals surface area (Å²) in [5.41, 5.74) is 3.61. The van der Waals surface area contributed by atoms with Crippen LogP contribution in [-0.4, -0.2) is 26.5 Å². The molecule has 2 rings (SSSR count). The molecule has 0 aliphatic heterocycles. The van der Waals surface area contributed by atoms with E-state index in [-0.39, 0.29) is 23.4 Å². The molecule has 9 nitrogen and oxygen atoms in total. The van der Waals surface area contributed by atoms with E-state index in [9.17, 15) is 19.2 Å². The maximum atomic E-state index is 11.8. The number of aryl methyl sites for hydroxylation is 1. The van der Waals surface area contributed by atoms with Gasteiger partial charge >= 0.3 is 5.69 Å². The second kappa shape index (κ2) is 6.60. The van der Waals surface area contributed by atoms with E-state index in [4.69, 9.17) is 5.11 Å². The summed E-state index contributed by atoms with van der Waals surface area (Å²) in [6.07, 6.45) is 1.25. The van der Waals surface area contributed by atoms with Crippen molar-refractivity contribution in [2.45, 2.75) is 13.5 Å². The van der Waals surface area contributed by atoms with E-state index in [2.05, 4.69) is 15.8 Å². The van der Waals surface area contributed by atoms with Gasteiger partial charge in [-0.2, -0.15) is 0 Å². The van der Waals surface area contributed by atoms with E-state index >= 15 is 0 Å². The number of nitrogens with zero attached hydrogens (tertiary/aromatic N) is 1. The number of carbonyl (C=O) groups excluding carboxylic acids is 2. The number of aromatic hydroxyl groups is 1. The molecule has 0 atom stereocenters. The van der Waals surface area contributed by atoms with Crippen molar-refractivity contribution in [2.24, 2.45) is 0 Å². The Balaban J connectivity index is 1.96. The molecule has 1 aromatic carbocycles. The van der Waals surface area contributed by atoms with Gasteiger partial charge in [0.25, 0.3) is 17.4 Å². The quantitative estimate of drug-likeness (QED) is 0.539. The Bertz CT molecular complexity index is 851. The van der Waals surface area contributed by atoms with Crippen LogP contribution in [0.1, 0.15) is 15.9 Å². The lowest BCUT2D eigenvalue weighted by atomic mass is 10.2. The minimum atomic E-state index is -0.722. The normalized spacial score (nSPS) is 10.1. The van der Waals surface area contributed by atoms with Crippen LogP contribution in [-0.2, 0) is 11.3 Å². The average molecular weight is 318 g/mol.